The van der Waals surface area contributed by atoms with Gasteiger partial charge >= 0.3 is 0 Å². The second kappa shape index (κ2) is 4.07. The van der Waals surface area contributed by atoms with Crippen LogP contribution in [0.25, 0.3) is 6.08 Å². The summed E-state index contributed by atoms with van der Waals surface area (Å²) in [6.45, 7) is 4.91. The van der Waals surface area contributed by atoms with Gasteiger partial charge in [0, 0.05) is 18.8 Å². The molecule has 0 aliphatic rings. The van der Waals surface area contributed by atoms with Gasteiger partial charge in [0.1, 0.15) is 0 Å². The van der Waals surface area contributed by atoms with Crippen LogP contribution >= 0.6 is 0 Å². The maximum absolute atomic E-state index is 5.56. The summed E-state index contributed by atoms with van der Waals surface area (Å²) in [6.07, 6.45) is 5.83. The Balaban J connectivity index is 2.63. The summed E-state index contributed by atoms with van der Waals surface area (Å²) in [7, 11) is 0. The summed E-state index contributed by atoms with van der Waals surface area (Å²) < 4.78 is 1.89. The Morgan fingerprint density at radius 3 is 3.00 bits per heavy atom. The summed E-state index contributed by atoms with van der Waals surface area (Å²) in [5.41, 5.74) is 6.52. The third kappa shape index (κ3) is 2.51. The van der Waals surface area contributed by atoms with Crippen LogP contribution in [0.3, 0.4) is 0 Å². The lowest BCUT2D eigenvalue weighted by Crippen LogP contribution is -2.09. The Kier molecular flexibility index (Phi) is 3.05. The van der Waals surface area contributed by atoms with Gasteiger partial charge in [0.05, 0.1) is 5.69 Å². The largest absolute Gasteiger partial charge is 0.325 e. The van der Waals surface area contributed by atoms with E-state index < -0.39 is 0 Å². The van der Waals surface area contributed by atoms with Gasteiger partial charge in [0.15, 0.2) is 0 Å². The van der Waals surface area contributed by atoms with Crippen LogP contribution in [0.2, 0.25) is 0 Å². The third-order valence-electron chi connectivity index (χ3n) is 1.56. The van der Waals surface area contributed by atoms with Crippen LogP contribution in [0.5, 0.6) is 0 Å². The molecule has 1 rings (SSSR count). The van der Waals surface area contributed by atoms with Crippen molar-refractivity contribution in [3.63, 3.8) is 0 Å². The minimum Gasteiger partial charge on any atom is -0.325 e. The lowest BCUT2D eigenvalue weighted by Gasteiger charge is -1.93. The third-order valence-corrected chi connectivity index (χ3v) is 1.56. The second-order valence-electron chi connectivity index (χ2n) is 2.81. The van der Waals surface area contributed by atoms with Crippen molar-refractivity contribution >= 4 is 6.08 Å². The summed E-state index contributed by atoms with van der Waals surface area (Å²) in [6, 6.07) is 2.07. The highest BCUT2D eigenvalue weighted by molar-refractivity contribution is 5.44. The molecule has 0 aromatic carbocycles. The summed E-state index contributed by atoms with van der Waals surface area (Å²) in [5.74, 6) is 0. The van der Waals surface area contributed by atoms with Crippen LogP contribution in [-0.4, -0.2) is 15.8 Å². The van der Waals surface area contributed by atoms with E-state index in [2.05, 4.69) is 12.0 Å². The maximum Gasteiger partial charge on any atom is 0.0848 e. The number of hydrogen-bond donors (Lipinski definition) is 1. The van der Waals surface area contributed by atoms with Crippen molar-refractivity contribution in [2.24, 2.45) is 5.73 Å². The quantitative estimate of drug-likeness (QED) is 0.732. The molecule has 1 heterocycles. The molecule has 0 saturated carbocycles. The molecule has 3 nitrogen and oxygen atoms in total. The average Bonchev–Trinajstić information content (AvgIpc) is 2.48. The van der Waals surface area contributed by atoms with E-state index in [-0.39, 0.29) is 6.04 Å². The molecule has 0 spiro atoms. The molecule has 3 heteroatoms. The average molecular weight is 165 g/mol. The van der Waals surface area contributed by atoms with Crippen LogP contribution in [0.4, 0.5) is 0 Å². The van der Waals surface area contributed by atoms with Crippen LogP contribution in [0, 0.1) is 0 Å². The first-order valence-corrected chi connectivity index (χ1v) is 4.19. The first kappa shape index (κ1) is 9.00. The number of nitrogens with two attached hydrogens (primary N) is 1. The molecule has 0 amide bonds. The first-order valence-electron chi connectivity index (χ1n) is 4.19. The van der Waals surface area contributed by atoms with Gasteiger partial charge in [-0.25, -0.2) is 0 Å². The van der Waals surface area contributed by atoms with Crippen molar-refractivity contribution < 1.29 is 0 Å². The van der Waals surface area contributed by atoms with E-state index in [0.717, 1.165) is 12.2 Å². The molecule has 0 aliphatic heterocycles. The molecule has 1 atom stereocenters. The Morgan fingerprint density at radius 1 is 1.75 bits per heavy atom. The monoisotopic (exact) mass is 165 g/mol. The van der Waals surface area contributed by atoms with Gasteiger partial charge in [0.25, 0.3) is 0 Å². The Labute approximate surface area is 72.9 Å². The van der Waals surface area contributed by atoms with E-state index in [9.17, 15) is 0 Å². The van der Waals surface area contributed by atoms with Crippen molar-refractivity contribution in [3.05, 3.63) is 24.0 Å². The van der Waals surface area contributed by atoms with E-state index >= 15 is 0 Å². The summed E-state index contributed by atoms with van der Waals surface area (Å²) >= 11 is 0. The summed E-state index contributed by atoms with van der Waals surface area (Å²) in [5, 5.41) is 4.28. The molecule has 66 valence electrons. The molecule has 12 heavy (non-hydrogen) atoms. The minimum absolute atomic E-state index is 0.0942. The Bertz CT molecular complexity index is 260. The zero-order valence-corrected chi connectivity index (χ0v) is 7.57. The maximum atomic E-state index is 5.56. The predicted molar refractivity (Wildman–Crippen MR) is 50.6 cm³/mol. The van der Waals surface area contributed by atoms with Crippen molar-refractivity contribution in [2.45, 2.75) is 26.4 Å². The molecule has 0 aliphatic carbocycles. The molecule has 0 radical (unpaired) electrons. The lowest BCUT2D eigenvalue weighted by molar-refractivity contribution is 0.658. The zero-order chi connectivity index (χ0) is 8.97. The predicted octanol–water partition coefficient (Wildman–Crippen LogP) is 1.26. The molecule has 0 bridgehead atoms. The van der Waals surface area contributed by atoms with E-state index in [1.807, 2.05) is 36.0 Å². The van der Waals surface area contributed by atoms with E-state index in [1.165, 1.54) is 0 Å². The van der Waals surface area contributed by atoms with Crippen molar-refractivity contribution in [1.82, 2.24) is 9.78 Å². The van der Waals surface area contributed by atoms with E-state index in [1.54, 1.807) is 0 Å². The number of hydrogen-bond acceptors (Lipinski definition) is 2. The number of rotatable bonds is 3. The molecular formula is C9H15N3. The van der Waals surface area contributed by atoms with Crippen LogP contribution in [0.1, 0.15) is 19.5 Å². The molecule has 1 aromatic rings. The minimum atomic E-state index is 0.0942. The van der Waals surface area contributed by atoms with Crippen LogP contribution < -0.4 is 5.73 Å². The lowest BCUT2D eigenvalue weighted by atomic mass is 10.3. The van der Waals surface area contributed by atoms with Gasteiger partial charge in [0.2, 0.25) is 0 Å². The Morgan fingerprint density at radius 2 is 2.50 bits per heavy atom. The number of aromatic nitrogens is 2. The highest BCUT2D eigenvalue weighted by Crippen LogP contribution is 1.98. The smallest absolute Gasteiger partial charge is 0.0848 e. The van der Waals surface area contributed by atoms with Gasteiger partial charge in [-0.2, -0.15) is 5.10 Å². The fourth-order valence-corrected chi connectivity index (χ4v) is 0.893. The van der Waals surface area contributed by atoms with Crippen molar-refractivity contribution in [1.29, 1.82) is 0 Å². The van der Waals surface area contributed by atoms with Gasteiger partial charge in [-0.1, -0.05) is 6.08 Å². The molecular weight excluding hydrogens is 150 g/mol. The van der Waals surface area contributed by atoms with Crippen LogP contribution in [0.15, 0.2) is 18.3 Å². The van der Waals surface area contributed by atoms with Gasteiger partial charge in [-0.15, -0.1) is 0 Å². The first-order chi connectivity index (χ1) is 5.72. The van der Waals surface area contributed by atoms with Crippen LogP contribution in [-0.2, 0) is 6.54 Å². The van der Waals surface area contributed by atoms with E-state index in [4.69, 9.17) is 5.73 Å². The summed E-state index contributed by atoms with van der Waals surface area (Å²) in [4.78, 5) is 0. The highest BCUT2D eigenvalue weighted by atomic mass is 15.3. The number of aryl methyl sites for hydroxylation is 1. The normalized spacial score (nSPS) is 13.9. The fourth-order valence-electron chi connectivity index (χ4n) is 0.893. The van der Waals surface area contributed by atoms with Crippen molar-refractivity contribution in [3.8, 4) is 0 Å². The fraction of sp³-hybridized carbons (Fsp3) is 0.444. The second-order valence-corrected chi connectivity index (χ2v) is 2.81. The molecule has 0 fully saturated rings. The molecule has 2 N–H and O–H groups in total. The molecule has 1 unspecified atom stereocenters. The molecule has 1 aromatic heterocycles. The Hall–Kier alpha value is -1.09. The molecule has 0 saturated heterocycles. The topological polar surface area (TPSA) is 43.8 Å². The number of nitrogens with zero attached hydrogens (tertiary/aromatic N) is 2. The van der Waals surface area contributed by atoms with Gasteiger partial charge < -0.3 is 5.73 Å². The van der Waals surface area contributed by atoms with Gasteiger partial charge in [-0.05, 0) is 26.0 Å². The SMILES string of the molecule is CCn1ccc(/C=C/C(C)N)n1. The standard InChI is InChI=1S/C9H15N3/c1-3-12-7-6-9(11-12)5-4-8(2)10/h4-8H,3,10H2,1-2H3/b5-4+. The zero-order valence-electron chi connectivity index (χ0n) is 7.57. The highest BCUT2D eigenvalue weighted by Gasteiger charge is 1.92. The van der Waals surface area contributed by atoms with Gasteiger partial charge in [-0.3, -0.25) is 4.68 Å². The van der Waals surface area contributed by atoms with Crippen molar-refractivity contribution in [2.75, 3.05) is 0 Å². The van der Waals surface area contributed by atoms with E-state index in [0.29, 0.717) is 0 Å².